The Bertz CT molecular complexity index is 594. The van der Waals surface area contributed by atoms with Gasteiger partial charge in [0.1, 0.15) is 11.6 Å². The van der Waals surface area contributed by atoms with Gasteiger partial charge in [-0.3, -0.25) is 9.59 Å². The van der Waals surface area contributed by atoms with Crippen molar-refractivity contribution in [2.45, 2.75) is 64.6 Å². The molecule has 0 heterocycles. The third-order valence-electron chi connectivity index (χ3n) is 6.39. The highest BCUT2D eigenvalue weighted by Gasteiger charge is 2.35. The Hall–Kier alpha value is -1.52. The van der Waals surface area contributed by atoms with Crippen LogP contribution in [0.1, 0.15) is 75.7 Å². The summed E-state index contributed by atoms with van der Waals surface area (Å²) in [5.74, 6) is -0.345. The summed E-state index contributed by atoms with van der Waals surface area (Å²) >= 11 is 0. The van der Waals surface area contributed by atoms with Gasteiger partial charge in [-0.25, -0.2) is 0 Å². The van der Waals surface area contributed by atoms with Crippen LogP contribution in [0.5, 0.6) is 0 Å². The molecule has 4 nitrogen and oxygen atoms in total. The Balaban J connectivity index is 1.71. The highest BCUT2D eigenvalue weighted by atomic mass is 16.3. The second kappa shape index (κ2) is 8.01. The molecule has 26 heavy (non-hydrogen) atoms. The molecule has 2 aliphatic carbocycles. The second-order valence-electron chi connectivity index (χ2n) is 8.24. The molecule has 0 radical (unpaired) electrons. The Morgan fingerprint density at radius 3 is 1.42 bits per heavy atom. The predicted octanol–water partition coefficient (Wildman–Crippen LogP) is 3.76. The van der Waals surface area contributed by atoms with E-state index >= 15 is 0 Å². The largest absolute Gasteiger partial charge is 0.388 e. The number of benzene rings is 1. The van der Waals surface area contributed by atoms with E-state index in [1.165, 1.54) is 0 Å². The lowest BCUT2D eigenvalue weighted by Gasteiger charge is -2.30. The number of rotatable bonds is 4. The van der Waals surface area contributed by atoms with Crippen LogP contribution in [0.25, 0.3) is 0 Å². The van der Waals surface area contributed by atoms with Gasteiger partial charge in [0, 0.05) is 23.7 Å². The van der Waals surface area contributed by atoms with Gasteiger partial charge in [-0.05, 0) is 36.8 Å². The van der Waals surface area contributed by atoms with Crippen molar-refractivity contribution in [3.63, 3.8) is 0 Å². The number of carbonyl (C=O) groups excluding carboxylic acids is 2. The summed E-state index contributed by atoms with van der Waals surface area (Å²) in [5.41, 5.74) is 1.41. The maximum absolute atomic E-state index is 12.4. The average molecular weight is 358 g/mol. The summed E-state index contributed by atoms with van der Waals surface area (Å²) in [5, 5.41) is 21.3. The summed E-state index contributed by atoms with van der Waals surface area (Å²) in [6.45, 7) is 3.87. The van der Waals surface area contributed by atoms with Crippen molar-refractivity contribution in [1.29, 1.82) is 0 Å². The van der Waals surface area contributed by atoms with Crippen molar-refractivity contribution < 1.29 is 19.8 Å². The Labute approximate surface area is 155 Å². The monoisotopic (exact) mass is 358 g/mol. The minimum Gasteiger partial charge on any atom is -0.388 e. The topological polar surface area (TPSA) is 74.6 Å². The van der Waals surface area contributed by atoms with Gasteiger partial charge in [-0.15, -0.1) is 0 Å². The quantitative estimate of drug-likeness (QED) is 0.859. The van der Waals surface area contributed by atoms with E-state index in [-0.39, 0.29) is 35.2 Å². The lowest BCUT2D eigenvalue weighted by molar-refractivity contribution is -0.133. The minimum absolute atomic E-state index is 0.0174. The Morgan fingerprint density at radius 1 is 0.731 bits per heavy atom. The molecule has 0 saturated heterocycles. The zero-order valence-electron chi connectivity index (χ0n) is 15.7. The van der Waals surface area contributed by atoms with Crippen LogP contribution in [0.2, 0.25) is 0 Å². The molecule has 2 fully saturated rings. The molecule has 0 amide bonds. The van der Waals surface area contributed by atoms with Crippen LogP contribution in [0.3, 0.4) is 0 Å². The third kappa shape index (κ3) is 3.77. The van der Waals surface area contributed by atoms with Gasteiger partial charge in [-0.2, -0.15) is 0 Å². The van der Waals surface area contributed by atoms with E-state index in [0.717, 1.165) is 38.5 Å². The molecule has 0 aliphatic heterocycles. The van der Waals surface area contributed by atoms with E-state index < -0.39 is 12.2 Å². The fraction of sp³-hybridized carbons (Fsp3) is 0.636. The van der Waals surface area contributed by atoms with Gasteiger partial charge in [0.2, 0.25) is 0 Å². The number of hydrogen-bond donors (Lipinski definition) is 2. The summed E-state index contributed by atoms with van der Waals surface area (Å²) in [7, 11) is 0. The zero-order chi connectivity index (χ0) is 18.8. The molecule has 0 bridgehead atoms. The van der Waals surface area contributed by atoms with Crippen molar-refractivity contribution in [3.8, 4) is 0 Å². The standard InChI is InChI=1S/C22H30O4/c1-13-5-3-7-17(19(13)23)21(25)15-9-11-16(12-10-15)22(26)18-8-4-6-14(2)20(18)24/h9-14,17-18,21-22,25-26H,3-8H2,1-2H3. The molecule has 6 unspecified atom stereocenters. The third-order valence-corrected chi connectivity index (χ3v) is 6.39. The Morgan fingerprint density at radius 2 is 1.08 bits per heavy atom. The summed E-state index contributed by atoms with van der Waals surface area (Å²) < 4.78 is 0. The summed E-state index contributed by atoms with van der Waals surface area (Å²) in [6.07, 6.45) is 3.59. The molecule has 2 N–H and O–H groups in total. The van der Waals surface area contributed by atoms with E-state index in [0.29, 0.717) is 11.1 Å². The van der Waals surface area contributed by atoms with Gasteiger partial charge >= 0.3 is 0 Å². The molecule has 1 aromatic rings. The molecule has 2 aliphatic rings. The van der Waals surface area contributed by atoms with Gasteiger partial charge < -0.3 is 10.2 Å². The number of carbonyl (C=O) groups is 2. The maximum Gasteiger partial charge on any atom is 0.141 e. The first-order valence-electron chi connectivity index (χ1n) is 9.93. The molecular formula is C22H30O4. The van der Waals surface area contributed by atoms with E-state index in [1.807, 2.05) is 13.8 Å². The number of hydrogen-bond acceptors (Lipinski definition) is 4. The number of ketones is 2. The second-order valence-corrected chi connectivity index (χ2v) is 8.24. The van der Waals surface area contributed by atoms with Crippen molar-refractivity contribution in [1.82, 2.24) is 0 Å². The van der Waals surface area contributed by atoms with Gasteiger partial charge in [0.15, 0.2) is 0 Å². The van der Waals surface area contributed by atoms with Crippen LogP contribution >= 0.6 is 0 Å². The van der Waals surface area contributed by atoms with Crippen molar-refractivity contribution in [2.24, 2.45) is 23.7 Å². The zero-order valence-corrected chi connectivity index (χ0v) is 15.7. The summed E-state index contributed by atoms with van der Waals surface area (Å²) in [4.78, 5) is 24.7. The molecule has 142 valence electrons. The predicted molar refractivity (Wildman–Crippen MR) is 99.4 cm³/mol. The molecule has 3 rings (SSSR count). The molecule has 6 atom stereocenters. The van der Waals surface area contributed by atoms with E-state index in [1.54, 1.807) is 24.3 Å². The van der Waals surface area contributed by atoms with Gasteiger partial charge in [-0.1, -0.05) is 51.0 Å². The highest BCUT2D eigenvalue weighted by Crippen LogP contribution is 2.37. The van der Waals surface area contributed by atoms with Gasteiger partial charge in [0.05, 0.1) is 12.2 Å². The lowest BCUT2D eigenvalue weighted by atomic mass is 9.75. The molecular weight excluding hydrogens is 328 g/mol. The first-order chi connectivity index (χ1) is 12.4. The normalized spacial score (nSPS) is 32.3. The van der Waals surface area contributed by atoms with Crippen molar-refractivity contribution >= 4 is 11.6 Å². The number of aliphatic hydroxyl groups is 2. The van der Waals surface area contributed by atoms with Gasteiger partial charge in [0.25, 0.3) is 0 Å². The minimum atomic E-state index is -0.798. The first kappa shape index (κ1) is 19.2. The molecule has 1 aromatic carbocycles. The van der Waals surface area contributed by atoms with Crippen LogP contribution in [0, 0.1) is 23.7 Å². The SMILES string of the molecule is CC1CCCC(C(O)c2ccc(C(O)C3CCCC(C)C3=O)cc2)C1=O. The first-order valence-corrected chi connectivity index (χ1v) is 9.93. The van der Waals surface area contributed by atoms with Crippen LogP contribution in [0.4, 0.5) is 0 Å². The molecule has 2 saturated carbocycles. The van der Waals surface area contributed by atoms with Crippen molar-refractivity contribution in [3.05, 3.63) is 35.4 Å². The molecule has 0 aromatic heterocycles. The van der Waals surface area contributed by atoms with E-state index in [2.05, 4.69) is 0 Å². The summed E-state index contributed by atoms with van der Waals surface area (Å²) in [6, 6.07) is 7.14. The van der Waals surface area contributed by atoms with Crippen molar-refractivity contribution in [2.75, 3.05) is 0 Å². The molecule has 4 heteroatoms. The Kier molecular flexibility index (Phi) is 5.93. The van der Waals surface area contributed by atoms with E-state index in [9.17, 15) is 19.8 Å². The average Bonchev–Trinajstić information content (AvgIpc) is 2.65. The van der Waals surface area contributed by atoms with Crippen LogP contribution in [0.15, 0.2) is 24.3 Å². The van der Waals surface area contributed by atoms with Crippen LogP contribution < -0.4 is 0 Å². The fourth-order valence-corrected chi connectivity index (χ4v) is 4.57. The van der Waals surface area contributed by atoms with Crippen LogP contribution in [-0.2, 0) is 9.59 Å². The van der Waals surface area contributed by atoms with E-state index in [4.69, 9.17) is 0 Å². The maximum atomic E-state index is 12.4. The number of aliphatic hydroxyl groups excluding tert-OH is 2. The van der Waals surface area contributed by atoms with Crippen LogP contribution in [-0.4, -0.2) is 21.8 Å². The lowest BCUT2D eigenvalue weighted by Crippen LogP contribution is -2.31. The number of Topliss-reactive ketones (excluding diaryl/α,β-unsaturated/α-hetero) is 2. The molecule has 0 spiro atoms. The smallest absolute Gasteiger partial charge is 0.141 e. The fourth-order valence-electron chi connectivity index (χ4n) is 4.57. The highest BCUT2D eigenvalue weighted by molar-refractivity contribution is 5.85.